The molecule has 112 valence electrons. The Hall–Kier alpha value is -1.33. The fourth-order valence-electron chi connectivity index (χ4n) is 2.22. The lowest BCUT2D eigenvalue weighted by Gasteiger charge is -2.19. The highest BCUT2D eigenvalue weighted by Gasteiger charge is 2.18. The van der Waals surface area contributed by atoms with E-state index in [4.69, 9.17) is 0 Å². The minimum atomic E-state index is -0.527. The van der Waals surface area contributed by atoms with Crippen LogP contribution in [-0.4, -0.2) is 11.5 Å². The number of rotatable bonds is 5. The fraction of sp³-hybridized carbons (Fsp3) is 0.312. The molecule has 1 N–H and O–H groups in total. The van der Waals surface area contributed by atoms with E-state index in [2.05, 4.69) is 26.2 Å². The molecule has 0 spiro atoms. The standard InChI is InChI=1S/C16H17BrF2N2/c1-3-20-16(7-12-5-4-11(17)9-21-12)13-6-10(2)14(18)8-15(13)19/h4-6,8-9,16,20H,3,7H2,1-2H3. The summed E-state index contributed by atoms with van der Waals surface area (Å²) in [6.45, 7) is 4.28. The summed E-state index contributed by atoms with van der Waals surface area (Å²) in [6.07, 6.45) is 2.26. The van der Waals surface area contributed by atoms with Gasteiger partial charge in [-0.25, -0.2) is 8.78 Å². The van der Waals surface area contributed by atoms with Gasteiger partial charge in [-0.05, 0) is 53.2 Å². The van der Waals surface area contributed by atoms with E-state index in [1.807, 2.05) is 19.1 Å². The third-order valence-electron chi connectivity index (χ3n) is 3.31. The van der Waals surface area contributed by atoms with Crippen LogP contribution in [0.2, 0.25) is 0 Å². The molecule has 2 nitrogen and oxygen atoms in total. The highest BCUT2D eigenvalue weighted by atomic mass is 79.9. The van der Waals surface area contributed by atoms with Gasteiger partial charge in [-0.2, -0.15) is 0 Å². The van der Waals surface area contributed by atoms with Crippen molar-refractivity contribution in [3.8, 4) is 0 Å². The largest absolute Gasteiger partial charge is 0.310 e. The Bertz CT molecular complexity index is 614. The minimum absolute atomic E-state index is 0.233. The minimum Gasteiger partial charge on any atom is -0.310 e. The normalized spacial score (nSPS) is 12.4. The topological polar surface area (TPSA) is 24.9 Å². The number of aromatic nitrogens is 1. The molecule has 1 atom stereocenters. The van der Waals surface area contributed by atoms with Crippen molar-refractivity contribution in [1.29, 1.82) is 0 Å². The summed E-state index contributed by atoms with van der Waals surface area (Å²) in [5.41, 5.74) is 1.77. The second-order valence-corrected chi connectivity index (χ2v) is 5.82. The first-order valence-electron chi connectivity index (χ1n) is 6.80. The summed E-state index contributed by atoms with van der Waals surface area (Å²) in [7, 11) is 0. The highest BCUT2D eigenvalue weighted by molar-refractivity contribution is 9.10. The van der Waals surface area contributed by atoms with Crippen molar-refractivity contribution in [2.75, 3.05) is 6.54 Å². The van der Waals surface area contributed by atoms with Crippen molar-refractivity contribution in [3.05, 3.63) is 63.4 Å². The van der Waals surface area contributed by atoms with Crippen LogP contribution >= 0.6 is 15.9 Å². The van der Waals surface area contributed by atoms with Gasteiger partial charge < -0.3 is 5.32 Å². The molecule has 1 heterocycles. The molecule has 1 aromatic carbocycles. The first kappa shape index (κ1) is 16.0. The van der Waals surface area contributed by atoms with Crippen LogP contribution in [0.4, 0.5) is 8.78 Å². The van der Waals surface area contributed by atoms with Gasteiger partial charge in [0, 0.05) is 40.5 Å². The fourth-order valence-corrected chi connectivity index (χ4v) is 2.46. The Morgan fingerprint density at radius 3 is 2.62 bits per heavy atom. The number of pyridine rings is 1. The smallest absolute Gasteiger partial charge is 0.130 e. The van der Waals surface area contributed by atoms with E-state index in [0.29, 0.717) is 24.1 Å². The van der Waals surface area contributed by atoms with Gasteiger partial charge in [-0.1, -0.05) is 6.92 Å². The summed E-state index contributed by atoms with van der Waals surface area (Å²) >= 11 is 3.34. The van der Waals surface area contributed by atoms with Gasteiger partial charge in [0.15, 0.2) is 0 Å². The SMILES string of the molecule is CCNC(Cc1ccc(Br)cn1)c1cc(C)c(F)cc1F. The Labute approximate surface area is 131 Å². The molecule has 0 radical (unpaired) electrons. The first-order chi connectivity index (χ1) is 10.0. The number of aryl methyl sites for hydroxylation is 1. The zero-order valence-corrected chi connectivity index (χ0v) is 13.5. The van der Waals surface area contributed by atoms with Crippen molar-refractivity contribution in [3.63, 3.8) is 0 Å². The summed E-state index contributed by atoms with van der Waals surface area (Å²) in [6, 6.07) is 6.07. The molecule has 0 aliphatic heterocycles. The van der Waals surface area contributed by atoms with Crippen LogP contribution in [0.3, 0.4) is 0 Å². The van der Waals surface area contributed by atoms with Crippen LogP contribution in [0, 0.1) is 18.6 Å². The van der Waals surface area contributed by atoms with Crippen LogP contribution in [0.15, 0.2) is 34.9 Å². The molecular weight excluding hydrogens is 338 g/mol. The molecule has 0 amide bonds. The number of nitrogens with zero attached hydrogens (tertiary/aromatic N) is 1. The van der Waals surface area contributed by atoms with Gasteiger partial charge >= 0.3 is 0 Å². The maximum absolute atomic E-state index is 14.1. The maximum atomic E-state index is 14.1. The Kier molecular flexibility index (Phi) is 5.42. The molecule has 2 aromatic rings. The lowest BCUT2D eigenvalue weighted by Crippen LogP contribution is -2.24. The number of nitrogens with one attached hydrogen (secondary N) is 1. The number of benzene rings is 1. The van der Waals surface area contributed by atoms with Crippen molar-refractivity contribution < 1.29 is 8.78 Å². The second-order valence-electron chi connectivity index (χ2n) is 4.91. The number of halogens is 3. The van der Waals surface area contributed by atoms with E-state index in [1.165, 1.54) is 0 Å². The van der Waals surface area contributed by atoms with Crippen LogP contribution in [0.1, 0.15) is 29.8 Å². The third-order valence-corrected chi connectivity index (χ3v) is 3.77. The third kappa shape index (κ3) is 4.08. The lowest BCUT2D eigenvalue weighted by molar-refractivity contribution is 0.497. The van der Waals surface area contributed by atoms with Gasteiger partial charge in [0.05, 0.1) is 0 Å². The van der Waals surface area contributed by atoms with Gasteiger partial charge in [-0.15, -0.1) is 0 Å². The van der Waals surface area contributed by atoms with E-state index >= 15 is 0 Å². The number of likely N-dealkylation sites (N-methyl/N-ethyl adjacent to an activating group) is 1. The first-order valence-corrected chi connectivity index (χ1v) is 7.60. The Balaban J connectivity index is 2.30. The van der Waals surface area contributed by atoms with E-state index < -0.39 is 11.6 Å². The van der Waals surface area contributed by atoms with E-state index in [1.54, 1.807) is 19.2 Å². The molecule has 2 rings (SSSR count). The molecule has 21 heavy (non-hydrogen) atoms. The van der Waals surface area contributed by atoms with Gasteiger partial charge in [0.25, 0.3) is 0 Å². The van der Waals surface area contributed by atoms with Gasteiger partial charge in [0.2, 0.25) is 0 Å². The monoisotopic (exact) mass is 354 g/mol. The second kappa shape index (κ2) is 7.09. The van der Waals surface area contributed by atoms with Gasteiger partial charge in [-0.3, -0.25) is 4.98 Å². The van der Waals surface area contributed by atoms with Crippen molar-refractivity contribution >= 4 is 15.9 Å². The number of hydrogen-bond acceptors (Lipinski definition) is 2. The molecule has 1 aromatic heterocycles. The molecule has 0 bridgehead atoms. The van der Waals surface area contributed by atoms with Crippen molar-refractivity contribution in [1.82, 2.24) is 10.3 Å². The average molecular weight is 355 g/mol. The van der Waals surface area contributed by atoms with Crippen molar-refractivity contribution in [2.24, 2.45) is 0 Å². The number of hydrogen-bond donors (Lipinski definition) is 1. The van der Waals surface area contributed by atoms with E-state index in [9.17, 15) is 8.78 Å². The molecular formula is C16H17BrF2N2. The summed E-state index contributed by atoms with van der Waals surface area (Å²) in [5.74, 6) is -1.05. The zero-order chi connectivity index (χ0) is 15.4. The van der Waals surface area contributed by atoms with Crippen LogP contribution in [0.5, 0.6) is 0 Å². The Morgan fingerprint density at radius 2 is 2.00 bits per heavy atom. The predicted molar refractivity (Wildman–Crippen MR) is 83.2 cm³/mol. The van der Waals surface area contributed by atoms with Crippen LogP contribution in [-0.2, 0) is 6.42 Å². The molecule has 0 saturated carbocycles. The highest BCUT2D eigenvalue weighted by Crippen LogP contribution is 2.24. The van der Waals surface area contributed by atoms with E-state index in [-0.39, 0.29) is 6.04 Å². The molecule has 0 aliphatic rings. The summed E-state index contributed by atoms with van der Waals surface area (Å²) < 4.78 is 28.4. The van der Waals surface area contributed by atoms with Crippen molar-refractivity contribution in [2.45, 2.75) is 26.3 Å². The molecule has 0 saturated heterocycles. The average Bonchev–Trinajstić information content (AvgIpc) is 2.45. The molecule has 0 aliphatic carbocycles. The maximum Gasteiger partial charge on any atom is 0.130 e. The summed E-state index contributed by atoms with van der Waals surface area (Å²) in [4.78, 5) is 4.31. The summed E-state index contributed by atoms with van der Waals surface area (Å²) in [5, 5.41) is 3.24. The predicted octanol–water partition coefficient (Wildman–Crippen LogP) is 4.32. The molecule has 5 heteroatoms. The quantitative estimate of drug-likeness (QED) is 0.864. The lowest BCUT2D eigenvalue weighted by atomic mass is 9.99. The molecule has 0 fully saturated rings. The van der Waals surface area contributed by atoms with E-state index in [0.717, 1.165) is 16.2 Å². The molecule has 1 unspecified atom stereocenters. The van der Waals surface area contributed by atoms with Crippen LogP contribution in [0.25, 0.3) is 0 Å². The van der Waals surface area contributed by atoms with Gasteiger partial charge in [0.1, 0.15) is 11.6 Å². The Morgan fingerprint density at radius 1 is 1.24 bits per heavy atom. The van der Waals surface area contributed by atoms with Crippen LogP contribution < -0.4 is 5.32 Å². The zero-order valence-electron chi connectivity index (χ0n) is 12.0.